The fourth-order valence-corrected chi connectivity index (χ4v) is 6.49. The first-order valence-electron chi connectivity index (χ1n) is 12.4. The molecule has 4 aromatic rings. The molecular formula is C26H30N8OS. The Morgan fingerprint density at radius 3 is 2.94 bits per heavy atom. The zero-order chi connectivity index (χ0) is 24.8. The third kappa shape index (κ3) is 4.14. The van der Waals surface area contributed by atoms with Crippen molar-refractivity contribution in [2.45, 2.75) is 25.3 Å². The maximum absolute atomic E-state index is 12.7. The van der Waals surface area contributed by atoms with Gasteiger partial charge in [-0.1, -0.05) is 12.1 Å². The molecule has 1 aliphatic carbocycles. The normalized spacial score (nSPS) is 22.3. The van der Waals surface area contributed by atoms with Gasteiger partial charge >= 0.3 is 0 Å². The van der Waals surface area contributed by atoms with Crippen LogP contribution in [0.3, 0.4) is 0 Å². The van der Waals surface area contributed by atoms with Gasteiger partial charge in [-0.3, -0.25) is 4.79 Å². The molecule has 1 aromatic carbocycles. The van der Waals surface area contributed by atoms with Crippen LogP contribution in [0.1, 0.15) is 25.3 Å². The molecule has 0 spiro atoms. The molecule has 2 N–H and O–H groups in total. The smallest absolute Gasteiger partial charge is 0.246 e. The molecular weight excluding hydrogens is 472 g/mol. The molecule has 3 atom stereocenters. The van der Waals surface area contributed by atoms with E-state index < -0.39 is 0 Å². The van der Waals surface area contributed by atoms with Crippen molar-refractivity contribution in [3.05, 3.63) is 42.2 Å². The molecule has 6 rings (SSSR count). The molecule has 2 fully saturated rings. The van der Waals surface area contributed by atoms with Gasteiger partial charge < -0.3 is 15.5 Å². The summed E-state index contributed by atoms with van der Waals surface area (Å²) in [6, 6.07) is 6.40. The SMILES string of the molecule is CN(C)C/C=C/C(=O)N1CCC2CC(n3nc(-c4ccc5ncsc5c4)c4c(N)ncnc43)CC2C1. The number of nitrogen functional groups attached to an aromatic ring is 1. The van der Waals surface area contributed by atoms with E-state index in [9.17, 15) is 4.79 Å². The Morgan fingerprint density at radius 2 is 2.08 bits per heavy atom. The number of fused-ring (bicyclic) bond motifs is 3. The summed E-state index contributed by atoms with van der Waals surface area (Å²) in [6.45, 7) is 2.38. The number of aromatic nitrogens is 5. The Labute approximate surface area is 213 Å². The minimum atomic E-state index is 0.115. The Hall–Kier alpha value is -3.37. The highest BCUT2D eigenvalue weighted by atomic mass is 32.1. The second-order valence-corrected chi connectivity index (χ2v) is 11.1. The van der Waals surface area contributed by atoms with E-state index in [2.05, 4.69) is 25.7 Å². The van der Waals surface area contributed by atoms with Crippen LogP contribution in [-0.4, -0.2) is 74.2 Å². The number of nitrogens with two attached hydrogens (primary N) is 1. The standard InChI is InChI=1S/C26H30N8OS/c1-32(2)8-3-4-22(35)33-9-7-16-10-19(11-18(16)13-33)34-26-23(25(27)28-14-29-26)24(31-34)17-5-6-20-21(12-17)36-15-30-20/h3-6,12,14-16,18-19H,7-11,13H2,1-2H3,(H2,27,28,29)/b4-3+. The number of carbonyl (C=O) groups is 1. The number of amides is 1. The second-order valence-electron chi connectivity index (χ2n) is 10.2. The van der Waals surface area contributed by atoms with Crippen LogP contribution in [0, 0.1) is 11.8 Å². The van der Waals surface area contributed by atoms with Gasteiger partial charge in [0.05, 0.1) is 27.2 Å². The number of hydrogen-bond donors (Lipinski definition) is 1. The van der Waals surface area contributed by atoms with E-state index in [0.717, 1.165) is 71.4 Å². The van der Waals surface area contributed by atoms with Crippen molar-refractivity contribution in [3.63, 3.8) is 0 Å². The second kappa shape index (κ2) is 9.25. The van der Waals surface area contributed by atoms with E-state index in [-0.39, 0.29) is 11.9 Å². The number of likely N-dealkylation sites (tertiary alicyclic amines) is 1. The van der Waals surface area contributed by atoms with Gasteiger partial charge in [-0.25, -0.2) is 19.6 Å². The zero-order valence-corrected chi connectivity index (χ0v) is 21.4. The third-order valence-corrected chi connectivity index (χ3v) is 8.34. The van der Waals surface area contributed by atoms with Crippen molar-refractivity contribution < 1.29 is 4.79 Å². The van der Waals surface area contributed by atoms with Crippen molar-refractivity contribution in [1.82, 2.24) is 34.5 Å². The Balaban J connectivity index is 1.28. The molecule has 10 heteroatoms. The van der Waals surface area contributed by atoms with E-state index in [1.54, 1.807) is 17.4 Å². The van der Waals surface area contributed by atoms with Crippen molar-refractivity contribution >= 4 is 44.3 Å². The molecule has 1 saturated heterocycles. The first kappa shape index (κ1) is 23.1. The van der Waals surface area contributed by atoms with Gasteiger partial charge in [-0.05, 0) is 57.3 Å². The van der Waals surface area contributed by atoms with E-state index in [4.69, 9.17) is 10.8 Å². The van der Waals surface area contributed by atoms with E-state index in [0.29, 0.717) is 17.7 Å². The van der Waals surface area contributed by atoms with Crippen LogP contribution >= 0.6 is 11.3 Å². The van der Waals surface area contributed by atoms with Crippen LogP contribution in [0.2, 0.25) is 0 Å². The number of anilines is 1. The summed E-state index contributed by atoms with van der Waals surface area (Å²) in [5.41, 5.74) is 11.8. The largest absolute Gasteiger partial charge is 0.383 e. The zero-order valence-electron chi connectivity index (χ0n) is 20.5. The number of benzene rings is 1. The number of nitrogens with zero attached hydrogens (tertiary/aromatic N) is 7. The fourth-order valence-electron chi connectivity index (χ4n) is 5.78. The van der Waals surface area contributed by atoms with Crippen LogP contribution in [0.15, 0.2) is 42.2 Å². The van der Waals surface area contributed by atoms with Crippen LogP contribution in [0.5, 0.6) is 0 Å². The third-order valence-electron chi connectivity index (χ3n) is 7.55. The monoisotopic (exact) mass is 502 g/mol. The lowest BCUT2D eigenvalue weighted by molar-refractivity contribution is -0.128. The van der Waals surface area contributed by atoms with Crippen LogP contribution in [0.25, 0.3) is 32.5 Å². The molecule has 36 heavy (non-hydrogen) atoms. The fraction of sp³-hybridized carbons (Fsp3) is 0.423. The highest BCUT2D eigenvalue weighted by molar-refractivity contribution is 7.16. The summed E-state index contributed by atoms with van der Waals surface area (Å²) >= 11 is 1.61. The topological polar surface area (TPSA) is 106 Å². The van der Waals surface area contributed by atoms with Crippen molar-refractivity contribution in [1.29, 1.82) is 0 Å². The van der Waals surface area contributed by atoms with Gasteiger partial charge in [0.1, 0.15) is 17.8 Å². The molecule has 1 amide bonds. The van der Waals surface area contributed by atoms with Gasteiger partial charge in [-0.2, -0.15) is 5.10 Å². The van der Waals surface area contributed by atoms with Gasteiger partial charge in [0.2, 0.25) is 5.91 Å². The van der Waals surface area contributed by atoms with Crippen molar-refractivity contribution in [2.24, 2.45) is 11.8 Å². The average Bonchev–Trinajstić information content (AvgIpc) is 3.59. The van der Waals surface area contributed by atoms with Crippen molar-refractivity contribution in [3.8, 4) is 11.3 Å². The number of likely N-dealkylation sites (N-methyl/N-ethyl adjacent to an activating group) is 1. The van der Waals surface area contributed by atoms with Gasteiger partial charge in [0.25, 0.3) is 0 Å². The van der Waals surface area contributed by atoms with E-state index >= 15 is 0 Å². The average molecular weight is 503 g/mol. The van der Waals surface area contributed by atoms with Crippen LogP contribution in [0.4, 0.5) is 5.82 Å². The summed E-state index contributed by atoms with van der Waals surface area (Å²) < 4.78 is 3.18. The number of piperidine rings is 1. The summed E-state index contributed by atoms with van der Waals surface area (Å²) in [7, 11) is 4.00. The van der Waals surface area contributed by atoms with Crippen LogP contribution < -0.4 is 5.73 Å². The lowest BCUT2D eigenvalue weighted by atomic mass is 9.89. The first-order chi connectivity index (χ1) is 17.5. The van der Waals surface area contributed by atoms with Gasteiger partial charge in [-0.15, -0.1) is 11.3 Å². The maximum atomic E-state index is 12.7. The highest BCUT2D eigenvalue weighted by Crippen LogP contribution is 2.45. The lowest BCUT2D eigenvalue weighted by Crippen LogP contribution is -2.41. The number of carbonyl (C=O) groups excluding carboxylic acids is 1. The minimum Gasteiger partial charge on any atom is -0.383 e. The highest BCUT2D eigenvalue weighted by Gasteiger charge is 2.40. The summed E-state index contributed by atoms with van der Waals surface area (Å²) in [4.78, 5) is 30.1. The molecule has 3 aromatic heterocycles. The molecule has 1 saturated carbocycles. The predicted molar refractivity (Wildman–Crippen MR) is 142 cm³/mol. The lowest BCUT2D eigenvalue weighted by Gasteiger charge is -2.34. The molecule has 0 radical (unpaired) electrons. The molecule has 9 nitrogen and oxygen atoms in total. The molecule has 3 unspecified atom stereocenters. The number of thiazole rings is 1. The number of rotatable bonds is 5. The quantitative estimate of drug-likeness (QED) is 0.416. The van der Waals surface area contributed by atoms with Gasteiger partial charge in [0.15, 0.2) is 5.65 Å². The van der Waals surface area contributed by atoms with Crippen LogP contribution in [-0.2, 0) is 4.79 Å². The Morgan fingerprint density at radius 1 is 1.22 bits per heavy atom. The Kier molecular flexibility index (Phi) is 5.93. The maximum Gasteiger partial charge on any atom is 0.246 e. The summed E-state index contributed by atoms with van der Waals surface area (Å²) in [5, 5.41) is 5.89. The predicted octanol–water partition coefficient (Wildman–Crippen LogP) is 3.60. The molecule has 186 valence electrons. The van der Waals surface area contributed by atoms with E-state index in [1.807, 2.05) is 47.6 Å². The van der Waals surface area contributed by atoms with Gasteiger partial charge in [0, 0.05) is 31.3 Å². The molecule has 4 heterocycles. The summed E-state index contributed by atoms with van der Waals surface area (Å²) in [5.74, 6) is 1.61. The first-order valence-corrected chi connectivity index (χ1v) is 13.3. The summed E-state index contributed by atoms with van der Waals surface area (Å²) in [6.07, 6.45) is 8.23. The molecule has 0 bridgehead atoms. The molecule has 2 aliphatic rings. The number of hydrogen-bond acceptors (Lipinski definition) is 8. The minimum absolute atomic E-state index is 0.115. The molecule has 1 aliphatic heterocycles. The van der Waals surface area contributed by atoms with E-state index in [1.165, 1.54) is 6.33 Å². The Bertz CT molecular complexity index is 1460. The van der Waals surface area contributed by atoms with Crippen molar-refractivity contribution in [2.75, 3.05) is 39.5 Å².